The molecule has 2 rings (SSSR count). The molecule has 112 valence electrons. The van der Waals surface area contributed by atoms with Crippen LogP contribution in [0.2, 0.25) is 0 Å². The molecule has 0 aromatic heterocycles. The van der Waals surface area contributed by atoms with Gasteiger partial charge in [0.2, 0.25) is 0 Å². The molecule has 0 spiro atoms. The highest BCUT2D eigenvalue weighted by Crippen LogP contribution is 2.23. The molecule has 4 nitrogen and oxygen atoms in total. The van der Waals surface area contributed by atoms with Gasteiger partial charge in [-0.2, -0.15) is 0 Å². The summed E-state index contributed by atoms with van der Waals surface area (Å²) in [7, 11) is -3.88. The van der Waals surface area contributed by atoms with E-state index in [-0.39, 0.29) is 16.1 Å². The topological polar surface area (TPSA) is 72.2 Å². The van der Waals surface area contributed by atoms with E-state index < -0.39 is 15.8 Å². The third-order valence-corrected chi connectivity index (χ3v) is 4.50. The van der Waals surface area contributed by atoms with E-state index in [0.29, 0.717) is 5.69 Å². The number of sulfonamides is 1. The number of nitrogens with one attached hydrogen (secondary N) is 1. The minimum atomic E-state index is -3.88. The highest BCUT2D eigenvalue weighted by atomic mass is 32.2. The lowest BCUT2D eigenvalue weighted by Gasteiger charge is -2.11. The third-order valence-electron chi connectivity index (χ3n) is 3.14. The predicted molar refractivity (Wildman–Crippen MR) is 82.3 cm³/mol. The number of anilines is 2. The summed E-state index contributed by atoms with van der Waals surface area (Å²) in [6.07, 6.45) is 0. The SMILES string of the molecule is Cc1cc(C)cc(NS(=O)(=O)c2cc(N)c(C)c(F)c2)c1. The van der Waals surface area contributed by atoms with Gasteiger partial charge in [0.15, 0.2) is 0 Å². The molecule has 2 aromatic carbocycles. The van der Waals surface area contributed by atoms with Crippen molar-refractivity contribution in [2.45, 2.75) is 25.7 Å². The van der Waals surface area contributed by atoms with E-state index in [4.69, 9.17) is 5.73 Å². The van der Waals surface area contributed by atoms with Crippen molar-refractivity contribution in [1.82, 2.24) is 0 Å². The zero-order valence-electron chi connectivity index (χ0n) is 12.1. The fourth-order valence-corrected chi connectivity index (χ4v) is 3.16. The first kappa shape index (κ1) is 15.3. The van der Waals surface area contributed by atoms with Crippen LogP contribution < -0.4 is 10.5 Å². The van der Waals surface area contributed by atoms with Crippen molar-refractivity contribution < 1.29 is 12.8 Å². The van der Waals surface area contributed by atoms with Gasteiger partial charge in [0.05, 0.1) is 4.90 Å². The van der Waals surface area contributed by atoms with Gasteiger partial charge in [0.25, 0.3) is 10.0 Å². The standard InChI is InChI=1S/C15H17FN2O2S/c1-9-4-10(2)6-12(5-9)18-21(19,20)13-7-14(16)11(3)15(17)8-13/h4-8,18H,17H2,1-3H3. The van der Waals surface area contributed by atoms with Crippen molar-refractivity contribution in [3.63, 3.8) is 0 Å². The van der Waals surface area contributed by atoms with Gasteiger partial charge >= 0.3 is 0 Å². The minimum Gasteiger partial charge on any atom is -0.398 e. The summed E-state index contributed by atoms with van der Waals surface area (Å²) >= 11 is 0. The molecule has 0 fully saturated rings. The molecule has 0 aliphatic carbocycles. The van der Waals surface area contributed by atoms with Gasteiger partial charge in [0.1, 0.15) is 5.82 Å². The molecule has 0 atom stereocenters. The number of benzene rings is 2. The Kier molecular flexibility index (Phi) is 3.91. The lowest BCUT2D eigenvalue weighted by molar-refractivity contribution is 0.593. The normalized spacial score (nSPS) is 11.4. The van der Waals surface area contributed by atoms with E-state index in [1.807, 2.05) is 19.9 Å². The molecular formula is C15H17FN2O2S. The van der Waals surface area contributed by atoms with Crippen LogP contribution in [0.1, 0.15) is 16.7 Å². The second-order valence-corrected chi connectivity index (χ2v) is 6.78. The van der Waals surface area contributed by atoms with Crippen molar-refractivity contribution in [3.8, 4) is 0 Å². The summed E-state index contributed by atoms with van der Waals surface area (Å²) in [6, 6.07) is 7.57. The van der Waals surface area contributed by atoms with Gasteiger partial charge < -0.3 is 5.73 Å². The molecule has 3 N–H and O–H groups in total. The van der Waals surface area contributed by atoms with Crippen molar-refractivity contribution in [3.05, 3.63) is 52.8 Å². The number of hydrogen-bond acceptors (Lipinski definition) is 3. The fraction of sp³-hybridized carbons (Fsp3) is 0.200. The average molecular weight is 308 g/mol. The smallest absolute Gasteiger partial charge is 0.262 e. The maximum Gasteiger partial charge on any atom is 0.262 e. The molecule has 0 saturated heterocycles. The second kappa shape index (κ2) is 5.37. The molecule has 0 aliphatic heterocycles. The van der Waals surface area contributed by atoms with Gasteiger partial charge in [0, 0.05) is 16.9 Å². The van der Waals surface area contributed by atoms with E-state index in [2.05, 4.69) is 4.72 Å². The molecule has 6 heteroatoms. The van der Waals surface area contributed by atoms with Gasteiger partial charge in [-0.1, -0.05) is 6.07 Å². The Morgan fingerprint density at radius 1 is 1.00 bits per heavy atom. The highest BCUT2D eigenvalue weighted by molar-refractivity contribution is 7.92. The third kappa shape index (κ3) is 3.33. The van der Waals surface area contributed by atoms with Crippen LogP contribution >= 0.6 is 0 Å². The van der Waals surface area contributed by atoms with Crippen LogP contribution in [0, 0.1) is 26.6 Å². The molecule has 0 bridgehead atoms. The van der Waals surface area contributed by atoms with Gasteiger partial charge in [-0.25, -0.2) is 12.8 Å². The molecule has 21 heavy (non-hydrogen) atoms. The van der Waals surface area contributed by atoms with Crippen LogP contribution in [0.3, 0.4) is 0 Å². The zero-order chi connectivity index (χ0) is 15.8. The zero-order valence-corrected chi connectivity index (χ0v) is 12.9. The molecule has 0 heterocycles. The number of hydrogen-bond donors (Lipinski definition) is 2. The van der Waals surface area contributed by atoms with E-state index in [9.17, 15) is 12.8 Å². The molecule has 0 unspecified atom stereocenters. The van der Waals surface area contributed by atoms with E-state index in [1.54, 1.807) is 12.1 Å². The monoisotopic (exact) mass is 308 g/mol. The molecular weight excluding hydrogens is 291 g/mol. The van der Waals surface area contributed by atoms with Crippen molar-refractivity contribution >= 4 is 21.4 Å². The van der Waals surface area contributed by atoms with E-state index >= 15 is 0 Å². The van der Waals surface area contributed by atoms with Gasteiger partial charge in [-0.05, 0) is 56.2 Å². The Bertz CT molecular complexity index is 758. The van der Waals surface area contributed by atoms with Crippen LogP contribution in [0.25, 0.3) is 0 Å². The van der Waals surface area contributed by atoms with E-state index in [1.165, 1.54) is 13.0 Å². The minimum absolute atomic E-state index is 0.107. The Morgan fingerprint density at radius 3 is 2.10 bits per heavy atom. The van der Waals surface area contributed by atoms with Crippen LogP contribution in [0.4, 0.5) is 15.8 Å². The van der Waals surface area contributed by atoms with Crippen LogP contribution in [-0.4, -0.2) is 8.42 Å². The number of rotatable bonds is 3. The molecule has 2 aromatic rings. The number of nitrogens with two attached hydrogens (primary N) is 1. The van der Waals surface area contributed by atoms with Gasteiger partial charge in [-0.15, -0.1) is 0 Å². The first-order valence-electron chi connectivity index (χ1n) is 6.36. The van der Waals surface area contributed by atoms with Crippen molar-refractivity contribution in [1.29, 1.82) is 0 Å². The summed E-state index contributed by atoms with van der Waals surface area (Å²) in [5.41, 5.74) is 8.27. The Labute approximate surface area is 123 Å². The van der Waals surface area contributed by atoms with Crippen molar-refractivity contribution in [2.75, 3.05) is 10.5 Å². The van der Waals surface area contributed by atoms with Crippen LogP contribution in [0.15, 0.2) is 35.2 Å². The first-order chi connectivity index (χ1) is 9.69. The summed E-state index contributed by atoms with van der Waals surface area (Å²) < 4.78 is 40.7. The predicted octanol–water partition coefficient (Wildman–Crippen LogP) is 3.13. The Balaban J connectivity index is 2.43. The van der Waals surface area contributed by atoms with Crippen molar-refractivity contribution in [2.24, 2.45) is 0 Å². The molecule has 0 saturated carbocycles. The second-order valence-electron chi connectivity index (χ2n) is 5.10. The lowest BCUT2D eigenvalue weighted by atomic mass is 10.1. The van der Waals surface area contributed by atoms with E-state index in [0.717, 1.165) is 17.2 Å². The highest BCUT2D eigenvalue weighted by Gasteiger charge is 2.18. The Hall–Kier alpha value is -2.08. The fourth-order valence-electron chi connectivity index (χ4n) is 2.08. The summed E-state index contributed by atoms with van der Waals surface area (Å²) in [5.74, 6) is -0.643. The maximum atomic E-state index is 13.7. The molecule has 0 amide bonds. The van der Waals surface area contributed by atoms with Crippen LogP contribution in [-0.2, 0) is 10.0 Å². The average Bonchev–Trinajstić information content (AvgIpc) is 2.33. The Morgan fingerprint density at radius 2 is 1.57 bits per heavy atom. The molecule has 0 radical (unpaired) electrons. The quantitative estimate of drug-likeness (QED) is 0.856. The number of nitrogen functional groups attached to an aromatic ring is 1. The molecule has 0 aliphatic rings. The van der Waals surface area contributed by atoms with Gasteiger partial charge in [-0.3, -0.25) is 4.72 Å². The van der Waals surface area contributed by atoms with Crippen LogP contribution in [0.5, 0.6) is 0 Å². The lowest BCUT2D eigenvalue weighted by Crippen LogP contribution is -2.14. The largest absolute Gasteiger partial charge is 0.398 e. The summed E-state index contributed by atoms with van der Waals surface area (Å²) in [4.78, 5) is -0.192. The summed E-state index contributed by atoms with van der Waals surface area (Å²) in [5, 5.41) is 0. The number of halogens is 1. The summed E-state index contributed by atoms with van der Waals surface area (Å²) in [6.45, 7) is 5.24. The maximum absolute atomic E-state index is 13.7. The number of aryl methyl sites for hydroxylation is 2. The first-order valence-corrected chi connectivity index (χ1v) is 7.84.